The van der Waals surface area contributed by atoms with Gasteiger partial charge in [0.05, 0.1) is 16.2 Å². The van der Waals surface area contributed by atoms with Crippen molar-refractivity contribution in [2.45, 2.75) is 19.9 Å². The molecule has 2 aromatic rings. The van der Waals surface area contributed by atoms with Crippen LogP contribution in [0.2, 0.25) is 10.3 Å². The van der Waals surface area contributed by atoms with Gasteiger partial charge in [0, 0.05) is 12.2 Å². The first-order valence-electron chi connectivity index (χ1n) is 4.92. The van der Waals surface area contributed by atoms with E-state index in [0.717, 1.165) is 5.56 Å². The quantitative estimate of drug-likeness (QED) is 0.779. The summed E-state index contributed by atoms with van der Waals surface area (Å²) in [6.07, 6.45) is 3.55. The van der Waals surface area contributed by atoms with Crippen LogP contribution in [0.4, 0.5) is 0 Å². The van der Waals surface area contributed by atoms with Crippen molar-refractivity contribution in [3.05, 3.63) is 27.2 Å². The second-order valence-corrected chi connectivity index (χ2v) is 5.25. The lowest BCUT2D eigenvalue weighted by Crippen LogP contribution is -1.99. The van der Waals surface area contributed by atoms with Crippen molar-refractivity contribution in [1.82, 2.24) is 19.7 Å². The summed E-state index contributed by atoms with van der Waals surface area (Å²) in [6, 6.07) is 0.283. The summed E-state index contributed by atoms with van der Waals surface area (Å²) in [4.78, 5) is 8.29. The molecule has 2 heterocycles. The van der Waals surface area contributed by atoms with Gasteiger partial charge < -0.3 is 0 Å². The van der Waals surface area contributed by atoms with E-state index in [1.165, 1.54) is 0 Å². The number of hydrogen-bond donors (Lipinski definition) is 0. The van der Waals surface area contributed by atoms with Crippen LogP contribution >= 0.6 is 39.1 Å². The zero-order valence-electron chi connectivity index (χ0n) is 9.15. The predicted molar refractivity (Wildman–Crippen MR) is 71.4 cm³/mol. The van der Waals surface area contributed by atoms with Crippen molar-refractivity contribution in [1.29, 1.82) is 0 Å². The van der Waals surface area contributed by atoms with Crippen LogP contribution in [0.15, 0.2) is 16.9 Å². The molecule has 0 unspecified atom stereocenters. The van der Waals surface area contributed by atoms with Crippen LogP contribution in [0.5, 0.6) is 0 Å². The molecule has 2 aromatic heterocycles. The summed E-state index contributed by atoms with van der Waals surface area (Å²) in [5.41, 5.74) is 0.787. The maximum absolute atomic E-state index is 5.93. The summed E-state index contributed by atoms with van der Waals surface area (Å²) in [5.74, 6) is 0.468. The zero-order valence-corrected chi connectivity index (χ0v) is 12.3. The van der Waals surface area contributed by atoms with Crippen molar-refractivity contribution in [2.24, 2.45) is 0 Å². The molecule has 0 aromatic carbocycles. The van der Waals surface area contributed by atoms with Crippen LogP contribution in [-0.4, -0.2) is 19.7 Å². The third-order valence-corrected chi connectivity index (χ3v) is 3.91. The molecular formula is C10H9BrCl2N4. The SMILES string of the molecule is CC(C)n1cc(-c2nc(Cl)c(Br)c(Cl)n2)cn1. The van der Waals surface area contributed by atoms with Crippen LogP contribution in [0.25, 0.3) is 11.4 Å². The highest BCUT2D eigenvalue weighted by molar-refractivity contribution is 9.10. The van der Waals surface area contributed by atoms with Gasteiger partial charge >= 0.3 is 0 Å². The maximum Gasteiger partial charge on any atom is 0.165 e. The third kappa shape index (κ3) is 2.61. The lowest BCUT2D eigenvalue weighted by Gasteiger charge is -2.03. The van der Waals surface area contributed by atoms with E-state index < -0.39 is 0 Å². The van der Waals surface area contributed by atoms with Gasteiger partial charge in [0.1, 0.15) is 10.3 Å². The summed E-state index contributed by atoms with van der Waals surface area (Å²) in [5, 5.41) is 4.79. The topological polar surface area (TPSA) is 43.6 Å². The molecular weight excluding hydrogens is 327 g/mol. The fraction of sp³-hybridized carbons (Fsp3) is 0.300. The second-order valence-electron chi connectivity index (χ2n) is 3.75. The van der Waals surface area contributed by atoms with Crippen molar-refractivity contribution in [3.8, 4) is 11.4 Å². The maximum atomic E-state index is 5.93. The van der Waals surface area contributed by atoms with Crippen LogP contribution in [0.3, 0.4) is 0 Å². The Hall–Kier alpha value is -0.650. The highest BCUT2D eigenvalue weighted by Crippen LogP contribution is 2.29. The van der Waals surface area contributed by atoms with E-state index in [4.69, 9.17) is 23.2 Å². The van der Waals surface area contributed by atoms with E-state index in [1.807, 2.05) is 24.7 Å². The van der Waals surface area contributed by atoms with Gasteiger partial charge in [-0.15, -0.1) is 0 Å². The minimum Gasteiger partial charge on any atom is -0.270 e. The second kappa shape index (κ2) is 4.92. The Morgan fingerprint density at radius 3 is 2.29 bits per heavy atom. The van der Waals surface area contributed by atoms with Crippen molar-refractivity contribution in [2.75, 3.05) is 0 Å². The predicted octanol–water partition coefficient (Wildman–Crippen LogP) is 3.99. The van der Waals surface area contributed by atoms with Gasteiger partial charge in [-0.3, -0.25) is 4.68 Å². The molecule has 7 heteroatoms. The van der Waals surface area contributed by atoms with E-state index in [1.54, 1.807) is 6.20 Å². The normalized spacial score (nSPS) is 11.2. The van der Waals surface area contributed by atoms with Crippen molar-refractivity contribution >= 4 is 39.1 Å². The fourth-order valence-electron chi connectivity index (χ4n) is 1.26. The Bertz CT molecular complexity index is 530. The monoisotopic (exact) mass is 334 g/mol. The molecule has 0 saturated carbocycles. The molecule has 0 atom stereocenters. The van der Waals surface area contributed by atoms with Crippen LogP contribution < -0.4 is 0 Å². The smallest absolute Gasteiger partial charge is 0.165 e. The van der Waals surface area contributed by atoms with Crippen LogP contribution in [-0.2, 0) is 0 Å². The first-order chi connectivity index (χ1) is 7.99. The van der Waals surface area contributed by atoms with Gasteiger partial charge in [-0.1, -0.05) is 23.2 Å². The molecule has 4 nitrogen and oxygen atoms in total. The Morgan fingerprint density at radius 2 is 1.82 bits per heavy atom. The summed E-state index contributed by atoms with van der Waals surface area (Å²) in [6.45, 7) is 4.08. The molecule has 0 saturated heterocycles. The van der Waals surface area contributed by atoms with Gasteiger partial charge in [-0.05, 0) is 29.8 Å². The Kier molecular flexibility index (Phi) is 3.70. The highest BCUT2D eigenvalue weighted by atomic mass is 79.9. The van der Waals surface area contributed by atoms with Crippen LogP contribution in [0.1, 0.15) is 19.9 Å². The lowest BCUT2D eigenvalue weighted by molar-refractivity contribution is 0.532. The van der Waals surface area contributed by atoms with Gasteiger partial charge in [0.25, 0.3) is 0 Å². The van der Waals surface area contributed by atoms with Crippen LogP contribution in [0, 0.1) is 0 Å². The van der Waals surface area contributed by atoms with E-state index in [-0.39, 0.29) is 16.3 Å². The molecule has 0 radical (unpaired) electrons. The summed E-state index contributed by atoms with van der Waals surface area (Å²) >= 11 is 15.1. The number of rotatable bonds is 2. The first-order valence-corrected chi connectivity index (χ1v) is 6.47. The standard InChI is InChI=1S/C10H9BrCl2N4/c1-5(2)17-4-6(3-14-17)10-15-8(12)7(11)9(13)16-10/h3-5H,1-2H3. The molecule has 0 aliphatic heterocycles. The fourth-order valence-corrected chi connectivity index (χ4v) is 1.82. The average molecular weight is 336 g/mol. The largest absolute Gasteiger partial charge is 0.270 e. The summed E-state index contributed by atoms with van der Waals surface area (Å²) < 4.78 is 2.32. The Labute approximate surface area is 117 Å². The highest BCUT2D eigenvalue weighted by Gasteiger charge is 2.12. The molecule has 0 aliphatic rings. The Morgan fingerprint density at radius 1 is 1.24 bits per heavy atom. The third-order valence-electron chi connectivity index (χ3n) is 2.16. The Balaban J connectivity index is 2.46. The molecule has 0 bridgehead atoms. The number of nitrogens with zero attached hydrogens (tertiary/aromatic N) is 4. The molecule has 0 amide bonds. The molecule has 0 spiro atoms. The summed E-state index contributed by atoms with van der Waals surface area (Å²) in [7, 11) is 0. The van der Waals surface area contributed by atoms with Gasteiger partial charge in [-0.25, -0.2) is 9.97 Å². The molecule has 90 valence electrons. The van der Waals surface area contributed by atoms with E-state index >= 15 is 0 Å². The lowest BCUT2D eigenvalue weighted by atomic mass is 10.3. The number of aromatic nitrogens is 4. The minimum absolute atomic E-state index is 0.283. The molecule has 0 N–H and O–H groups in total. The number of hydrogen-bond acceptors (Lipinski definition) is 3. The molecule has 17 heavy (non-hydrogen) atoms. The van der Waals surface area contributed by atoms with Gasteiger partial charge in [0.15, 0.2) is 5.82 Å². The van der Waals surface area contributed by atoms with Gasteiger partial charge in [-0.2, -0.15) is 5.10 Å². The zero-order chi connectivity index (χ0) is 12.6. The van der Waals surface area contributed by atoms with Gasteiger partial charge in [0.2, 0.25) is 0 Å². The van der Waals surface area contributed by atoms with E-state index in [9.17, 15) is 0 Å². The molecule has 0 fully saturated rings. The first kappa shape index (κ1) is 12.8. The minimum atomic E-state index is 0.283. The van der Waals surface area contributed by atoms with E-state index in [0.29, 0.717) is 10.3 Å². The average Bonchev–Trinajstić information content (AvgIpc) is 2.74. The van der Waals surface area contributed by atoms with E-state index in [2.05, 4.69) is 31.0 Å². The van der Waals surface area contributed by atoms with Crippen molar-refractivity contribution < 1.29 is 0 Å². The van der Waals surface area contributed by atoms with Crippen molar-refractivity contribution in [3.63, 3.8) is 0 Å². The number of halogens is 3. The molecule has 2 rings (SSSR count). The molecule has 0 aliphatic carbocycles.